The summed E-state index contributed by atoms with van der Waals surface area (Å²) in [7, 11) is 0. The number of carbonyl (C=O) groups is 1. The van der Waals surface area contributed by atoms with E-state index in [1.165, 1.54) is 10.4 Å². The molecule has 2 atom stereocenters. The van der Waals surface area contributed by atoms with E-state index in [1.54, 1.807) is 4.88 Å². The molecule has 1 aromatic heterocycles. The average Bonchev–Trinajstić information content (AvgIpc) is 3.03. The van der Waals surface area contributed by atoms with Gasteiger partial charge in [0.15, 0.2) is 0 Å². The number of carbonyl (C=O) groups excluding carboxylic acids is 1. The first-order valence-electron chi connectivity index (χ1n) is 11.2. The first-order valence-corrected chi connectivity index (χ1v) is 12.0. The van der Waals surface area contributed by atoms with Crippen LogP contribution in [0.2, 0.25) is 0 Å². The molecule has 3 aliphatic heterocycles. The zero-order valence-electron chi connectivity index (χ0n) is 18.6. The molecule has 4 rings (SSSR count). The van der Waals surface area contributed by atoms with Crippen LogP contribution < -0.4 is 0 Å². The Morgan fingerprint density at radius 3 is 2.79 bits per heavy atom. The fourth-order valence-corrected chi connectivity index (χ4v) is 6.22. The molecule has 162 valence electrons. The second kappa shape index (κ2) is 7.86. The third-order valence-electron chi connectivity index (χ3n) is 6.56. The van der Waals surface area contributed by atoms with Crippen LogP contribution >= 0.6 is 11.3 Å². The Balaban J connectivity index is 1.32. The zero-order chi connectivity index (χ0) is 20.8. The van der Waals surface area contributed by atoms with E-state index < -0.39 is 5.60 Å². The van der Waals surface area contributed by atoms with Gasteiger partial charge in [-0.05, 0) is 58.6 Å². The van der Waals surface area contributed by atoms with Gasteiger partial charge in [0.25, 0.3) is 0 Å². The fraction of sp³-hybridized carbons (Fsp3) is 0.783. The van der Waals surface area contributed by atoms with E-state index in [1.807, 2.05) is 37.0 Å². The Morgan fingerprint density at radius 2 is 2.14 bits per heavy atom. The summed E-state index contributed by atoms with van der Waals surface area (Å²) < 4.78 is 11.9. The number of aryl methyl sites for hydroxylation is 1. The summed E-state index contributed by atoms with van der Waals surface area (Å²) in [6.45, 7) is 15.0. The second-order valence-electron chi connectivity index (χ2n) is 10.0. The normalized spacial score (nSPS) is 28.3. The monoisotopic (exact) mass is 420 g/mol. The summed E-state index contributed by atoms with van der Waals surface area (Å²) in [5, 5.41) is 0. The molecular formula is C23H36N2O3S. The van der Waals surface area contributed by atoms with Crippen LogP contribution in [-0.2, 0) is 27.9 Å². The Bertz CT molecular complexity index is 750. The number of amides is 1. The number of likely N-dealkylation sites (tertiary alicyclic amines) is 2. The number of rotatable bonds is 3. The number of hydrogen-bond acceptors (Lipinski definition) is 5. The summed E-state index contributed by atoms with van der Waals surface area (Å²) >= 11 is 1.99. The third kappa shape index (κ3) is 4.35. The number of fused-ring (bicyclic) bond motifs is 2. The Morgan fingerprint density at radius 1 is 1.38 bits per heavy atom. The smallest absolute Gasteiger partial charge is 0.410 e. The van der Waals surface area contributed by atoms with E-state index in [2.05, 4.69) is 24.8 Å². The average molecular weight is 421 g/mol. The van der Waals surface area contributed by atoms with E-state index in [4.69, 9.17) is 9.47 Å². The lowest BCUT2D eigenvalue weighted by Gasteiger charge is -2.49. The molecule has 0 bridgehead atoms. The van der Waals surface area contributed by atoms with Gasteiger partial charge in [0.05, 0.1) is 12.2 Å². The highest BCUT2D eigenvalue weighted by atomic mass is 32.1. The van der Waals surface area contributed by atoms with E-state index in [9.17, 15) is 4.79 Å². The van der Waals surface area contributed by atoms with Crippen LogP contribution in [0.5, 0.6) is 0 Å². The summed E-state index contributed by atoms with van der Waals surface area (Å²) in [5.41, 5.74) is 0.989. The van der Waals surface area contributed by atoms with Gasteiger partial charge in [0.1, 0.15) is 5.60 Å². The molecular weight excluding hydrogens is 384 g/mol. The van der Waals surface area contributed by atoms with Crippen LogP contribution in [0.15, 0.2) is 6.07 Å². The molecule has 4 heterocycles. The molecule has 0 aliphatic carbocycles. The van der Waals surface area contributed by atoms with Gasteiger partial charge >= 0.3 is 6.09 Å². The highest BCUT2D eigenvalue weighted by Crippen LogP contribution is 2.46. The van der Waals surface area contributed by atoms with Gasteiger partial charge in [0, 0.05) is 54.3 Å². The number of hydrogen-bond donors (Lipinski definition) is 0. The maximum atomic E-state index is 12.2. The maximum Gasteiger partial charge on any atom is 0.410 e. The molecule has 2 saturated heterocycles. The van der Waals surface area contributed by atoms with Crippen LogP contribution in [0.25, 0.3) is 0 Å². The number of nitrogens with zero attached hydrogens (tertiary/aromatic N) is 2. The highest BCUT2D eigenvalue weighted by molar-refractivity contribution is 7.12. The van der Waals surface area contributed by atoms with Gasteiger partial charge in [0.2, 0.25) is 0 Å². The Hall–Kier alpha value is -1.11. The maximum absolute atomic E-state index is 12.2. The lowest BCUT2D eigenvalue weighted by atomic mass is 9.79. The molecule has 1 amide bonds. The van der Waals surface area contributed by atoms with Gasteiger partial charge in [-0.1, -0.05) is 6.92 Å². The van der Waals surface area contributed by atoms with Gasteiger partial charge < -0.3 is 19.3 Å². The summed E-state index contributed by atoms with van der Waals surface area (Å²) in [6.07, 6.45) is 4.16. The lowest BCUT2D eigenvalue weighted by molar-refractivity contribution is -0.115. The summed E-state index contributed by atoms with van der Waals surface area (Å²) in [6, 6.07) is 2.92. The molecule has 1 aromatic rings. The second-order valence-corrected chi connectivity index (χ2v) is 11.3. The fourth-order valence-electron chi connectivity index (χ4n) is 5.04. The van der Waals surface area contributed by atoms with E-state index >= 15 is 0 Å². The van der Waals surface area contributed by atoms with Crippen molar-refractivity contribution < 1.29 is 14.3 Å². The number of ether oxygens (including phenoxy) is 2. The van der Waals surface area contributed by atoms with Crippen molar-refractivity contribution in [3.8, 4) is 0 Å². The summed E-state index contributed by atoms with van der Waals surface area (Å²) in [5.74, 6) is 0.551. The standard InChI is InChI=1S/C23H36N2O3S/c1-6-18-11-19-20(29-18)7-10-27-23(19)8-9-24(16(2)12-23)13-17-14-25(15-17)21(26)28-22(3,4)5/h11,16-17H,6-10,12-15H2,1-5H3/t16-,23+/m0/s1. The van der Waals surface area contributed by atoms with Crippen molar-refractivity contribution in [3.63, 3.8) is 0 Å². The van der Waals surface area contributed by atoms with Crippen LogP contribution in [0.4, 0.5) is 4.79 Å². The van der Waals surface area contributed by atoms with Gasteiger partial charge in [-0.15, -0.1) is 11.3 Å². The van der Waals surface area contributed by atoms with Crippen molar-refractivity contribution >= 4 is 17.4 Å². The van der Waals surface area contributed by atoms with Crippen molar-refractivity contribution in [2.75, 3.05) is 32.8 Å². The van der Waals surface area contributed by atoms with Crippen molar-refractivity contribution in [1.82, 2.24) is 9.80 Å². The molecule has 0 N–H and O–H groups in total. The molecule has 3 aliphatic rings. The predicted octanol–water partition coefficient (Wildman–Crippen LogP) is 4.43. The minimum atomic E-state index is -0.421. The van der Waals surface area contributed by atoms with Gasteiger partial charge in [-0.2, -0.15) is 0 Å². The SMILES string of the molecule is CCc1cc2c(s1)CCO[C@@]21CCN(CC2CN(C(=O)OC(C)(C)C)C2)[C@@H](C)C1. The topological polar surface area (TPSA) is 42.0 Å². The number of piperidine rings is 1. The van der Waals surface area contributed by atoms with Crippen molar-refractivity contribution in [2.24, 2.45) is 5.92 Å². The molecule has 0 radical (unpaired) electrons. The Kier molecular flexibility index (Phi) is 5.73. The van der Waals surface area contributed by atoms with Gasteiger partial charge in [-0.3, -0.25) is 0 Å². The molecule has 0 aromatic carbocycles. The van der Waals surface area contributed by atoms with Crippen LogP contribution in [0.1, 0.15) is 62.8 Å². The third-order valence-corrected chi connectivity index (χ3v) is 7.90. The van der Waals surface area contributed by atoms with Crippen LogP contribution in [-0.4, -0.2) is 60.3 Å². The first kappa shape index (κ1) is 21.1. The zero-order valence-corrected chi connectivity index (χ0v) is 19.4. The quantitative estimate of drug-likeness (QED) is 0.725. The van der Waals surface area contributed by atoms with Crippen molar-refractivity contribution in [1.29, 1.82) is 0 Å². The molecule has 1 spiro atoms. The Labute approximate surface area is 179 Å². The minimum absolute atomic E-state index is 0.0738. The summed E-state index contributed by atoms with van der Waals surface area (Å²) in [4.78, 5) is 19.6. The molecule has 2 fully saturated rings. The molecule has 29 heavy (non-hydrogen) atoms. The van der Waals surface area contributed by atoms with Crippen molar-refractivity contribution in [3.05, 3.63) is 21.4 Å². The highest BCUT2D eigenvalue weighted by Gasteiger charge is 2.45. The van der Waals surface area contributed by atoms with Crippen LogP contribution in [0.3, 0.4) is 0 Å². The molecule has 0 saturated carbocycles. The predicted molar refractivity (Wildman–Crippen MR) is 117 cm³/mol. The van der Waals surface area contributed by atoms with Crippen molar-refractivity contribution in [2.45, 2.75) is 77.5 Å². The van der Waals surface area contributed by atoms with Gasteiger partial charge in [-0.25, -0.2) is 4.79 Å². The minimum Gasteiger partial charge on any atom is -0.444 e. The largest absolute Gasteiger partial charge is 0.444 e. The number of thiophene rings is 1. The lowest BCUT2D eigenvalue weighted by Crippen LogP contribution is -2.58. The van der Waals surface area contributed by atoms with E-state index in [-0.39, 0.29) is 11.7 Å². The van der Waals surface area contributed by atoms with E-state index in [0.29, 0.717) is 12.0 Å². The molecule has 0 unspecified atom stereocenters. The van der Waals surface area contributed by atoms with Crippen LogP contribution in [0, 0.1) is 5.92 Å². The molecule has 5 nitrogen and oxygen atoms in total. The van der Waals surface area contributed by atoms with E-state index in [0.717, 1.165) is 58.5 Å². The molecule has 6 heteroatoms. The first-order chi connectivity index (χ1) is 13.7.